The van der Waals surface area contributed by atoms with E-state index in [1.54, 1.807) is 17.0 Å². The van der Waals surface area contributed by atoms with E-state index in [0.717, 1.165) is 24.4 Å². The number of ketones is 1. The molecule has 1 aromatic carbocycles. The smallest absolute Gasteiger partial charge is 0.290 e. The van der Waals surface area contributed by atoms with Crippen molar-refractivity contribution < 1.29 is 24.2 Å². The summed E-state index contributed by atoms with van der Waals surface area (Å²) in [7, 11) is 0. The van der Waals surface area contributed by atoms with Crippen molar-refractivity contribution in [3.8, 4) is 5.75 Å². The number of nitrogens with zero attached hydrogens (tertiary/aromatic N) is 2. The van der Waals surface area contributed by atoms with Crippen LogP contribution in [0, 0.1) is 0 Å². The molecule has 0 unspecified atom stereocenters. The Balaban J connectivity index is 1.65. The standard InChI is InChI=1S/C23H26N2O5S/c1-2-30-17-7-5-16(6-8-17)20-19(21(26)18-4-3-15-31-18)22(27)23(28)25(20)10-9-24-11-13-29-14-12-24/h3-8,15,20,27H,2,9-14H2,1H3/t20-/m0/s1. The zero-order chi connectivity index (χ0) is 21.8. The lowest BCUT2D eigenvalue weighted by Gasteiger charge is -2.31. The Kier molecular flexibility index (Phi) is 6.70. The Morgan fingerprint density at radius 3 is 2.58 bits per heavy atom. The molecule has 0 aliphatic carbocycles. The van der Waals surface area contributed by atoms with E-state index in [4.69, 9.17) is 9.47 Å². The fourth-order valence-electron chi connectivity index (χ4n) is 3.99. The minimum Gasteiger partial charge on any atom is -0.503 e. The van der Waals surface area contributed by atoms with Gasteiger partial charge in [0.2, 0.25) is 5.78 Å². The average Bonchev–Trinajstić information content (AvgIpc) is 3.41. The largest absolute Gasteiger partial charge is 0.503 e. The van der Waals surface area contributed by atoms with Crippen LogP contribution >= 0.6 is 11.3 Å². The Morgan fingerprint density at radius 1 is 1.19 bits per heavy atom. The van der Waals surface area contributed by atoms with Gasteiger partial charge in [-0.25, -0.2) is 0 Å². The Hall–Kier alpha value is -2.68. The maximum atomic E-state index is 13.2. The van der Waals surface area contributed by atoms with Gasteiger partial charge < -0.3 is 19.5 Å². The highest BCUT2D eigenvalue weighted by Crippen LogP contribution is 2.39. The SMILES string of the molecule is CCOc1ccc([C@H]2C(C(=O)c3cccs3)=C(O)C(=O)N2CCN2CCOCC2)cc1. The molecule has 1 saturated heterocycles. The number of rotatable bonds is 8. The predicted molar refractivity (Wildman–Crippen MR) is 118 cm³/mol. The van der Waals surface area contributed by atoms with Crippen LogP contribution in [0.2, 0.25) is 0 Å². The lowest BCUT2D eigenvalue weighted by molar-refractivity contribution is -0.129. The number of aliphatic hydroxyl groups excluding tert-OH is 1. The third-order valence-corrected chi connectivity index (χ3v) is 6.43. The zero-order valence-electron chi connectivity index (χ0n) is 17.5. The molecule has 3 heterocycles. The van der Waals surface area contributed by atoms with E-state index < -0.39 is 17.7 Å². The van der Waals surface area contributed by atoms with Gasteiger partial charge in [0.15, 0.2) is 5.76 Å². The minimum atomic E-state index is -0.640. The Labute approximate surface area is 185 Å². The summed E-state index contributed by atoms with van der Waals surface area (Å²) in [6.45, 7) is 6.46. The fraction of sp³-hybridized carbons (Fsp3) is 0.391. The van der Waals surface area contributed by atoms with Crippen molar-refractivity contribution in [2.45, 2.75) is 13.0 Å². The first-order valence-electron chi connectivity index (χ1n) is 10.4. The quantitative estimate of drug-likeness (QED) is 0.633. The van der Waals surface area contributed by atoms with Crippen molar-refractivity contribution in [1.82, 2.24) is 9.80 Å². The van der Waals surface area contributed by atoms with E-state index in [1.165, 1.54) is 11.3 Å². The molecule has 0 bridgehead atoms. The molecule has 0 radical (unpaired) electrons. The van der Waals surface area contributed by atoms with Crippen molar-refractivity contribution in [2.75, 3.05) is 46.0 Å². The predicted octanol–water partition coefficient (Wildman–Crippen LogP) is 3.06. The van der Waals surface area contributed by atoms with Crippen molar-refractivity contribution in [3.05, 3.63) is 63.6 Å². The van der Waals surface area contributed by atoms with Crippen LogP contribution in [-0.4, -0.2) is 72.6 Å². The molecule has 7 nitrogen and oxygen atoms in total. The second-order valence-corrected chi connectivity index (χ2v) is 8.37. The average molecular weight is 443 g/mol. The van der Waals surface area contributed by atoms with Gasteiger partial charge in [0, 0.05) is 26.2 Å². The Morgan fingerprint density at radius 2 is 1.94 bits per heavy atom. The van der Waals surface area contributed by atoms with E-state index in [-0.39, 0.29) is 11.4 Å². The molecule has 2 aliphatic heterocycles. The van der Waals surface area contributed by atoms with Crippen LogP contribution in [0.3, 0.4) is 0 Å². The summed E-state index contributed by atoms with van der Waals surface area (Å²) < 4.78 is 10.9. The number of carbonyl (C=O) groups is 2. The van der Waals surface area contributed by atoms with Gasteiger partial charge in [0.05, 0.1) is 36.3 Å². The summed E-state index contributed by atoms with van der Waals surface area (Å²) >= 11 is 1.30. The lowest BCUT2D eigenvalue weighted by Crippen LogP contribution is -2.43. The number of benzene rings is 1. The summed E-state index contributed by atoms with van der Waals surface area (Å²) in [5.41, 5.74) is 0.904. The number of amides is 1. The first kappa shape index (κ1) is 21.5. The van der Waals surface area contributed by atoms with Crippen LogP contribution in [0.15, 0.2) is 53.1 Å². The van der Waals surface area contributed by atoms with Crippen LogP contribution in [0.25, 0.3) is 0 Å². The lowest BCUT2D eigenvalue weighted by atomic mass is 9.95. The molecule has 0 saturated carbocycles. The highest BCUT2D eigenvalue weighted by molar-refractivity contribution is 7.12. The number of hydrogen-bond donors (Lipinski definition) is 1. The molecule has 164 valence electrons. The second kappa shape index (κ2) is 9.64. The van der Waals surface area contributed by atoms with E-state index in [1.807, 2.05) is 36.6 Å². The van der Waals surface area contributed by atoms with Gasteiger partial charge >= 0.3 is 0 Å². The van der Waals surface area contributed by atoms with Crippen molar-refractivity contribution in [1.29, 1.82) is 0 Å². The van der Waals surface area contributed by atoms with Gasteiger partial charge in [0.1, 0.15) is 5.75 Å². The third kappa shape index (κ3) is 4.51. The molecular formula is C23H26N2O5S. The molecule has 1 atom stereocenters. The van der Waals surface area contributed by atoms with Gasteiger partial charge in [-0.1, -0.05) is 18.2 Å². The number of hydrogen-bond acceptors (Lipinski definition) is 7. The van der Waals surface area contributed by atoms with E-state index >= 15 is 0 Å². The number of ether oxygens (including phenoxy) is 2. The first-order valence-corrected chi connectivity index (χ1v) is 11.3. The van der Waals surface area contributed by atoms with Crippen LogP contribution in [0.5, 0.6) is 5.75 Å². The van der Waals surface area contributed by atoms with Gasteiger partial charge in [0.25, 0.3) is 5.91 Å². The first-order chi connectivity index (χ1) is 15.1. The minimum absolute atomic E-state index is 0.138. The molecular weight excluding hydrogens is 416 g/mol. The van der Waals surface area contributed by atoms with Crippen molar-refractivity contribution in [2.24, 2.45) is 0 Å². The number of thiophene rings is 1. The Bertz CT molecular complexity index is 949. The summed E-state index contributed by atoms with van der Waals surface area (Å²) in [6.07, 6.45) is 0. The molecule has 31 heavy (non-hydrogen) atoms. The van der Waals surface area contributed by atoms with Gasteiger partial charge in [-0.05, 0) is 36.1 Å². The topological polar surface area (TPSA) is 79.3 Å². The summed E-state index contributed by atoms with van der Waals surface area (Å²) in [4.78, 5) is 30.6. The van der Waals surface area contributed by atoms with Crippen LogP contribution < -0.4 is 4.74 Å². The number of aliphatic hydroxyl groups is 1. The molecule has 1 N–H and O–H groups in total. The van der Waals surface area contributed by atoms with Crippen molar-refractivity contribution >= 4 is 23.0 Å². The molecule has 1 fully saturated rings. The normalized spacial score (nSPS) is 19.8. The maximum absolute atomic E-state index is 13.2. The van der Waals surface area contributed by atoms with Crippen LogP contribution in [0.4, 0.5) is 0 Å². The van der Waals surface area contributed by atoms with Gasteiger partial charge in [-0.15, -0.1) is 11.3 Å². The number of carbonyl (C=O) groups excluding carboxylic acids is 2. The molecule has 1 amide bonds. The van der Waals surface area contributed by atoms with Gasteiger partial charge in [-0.2, -0.15) is 0 Å². The monoisotopic (exact) mass is 442 g/mol. The second-order valence-electron chi connectivity index (χ2n) is 7.43. The van der Waals surface area contributed by atoms with E-state index in [2.05, 4.69) is 4.90 Å². The maximum Gasteiger partial charge on any atom is 0.290 e. The molecule has 2 aromatic rings. The fourth-order valence-corrected chi connectivity index (χ4v) is 4.67. The van der Waals surface area contributed by atoms with Crippen molar-refractivity contribution in [3.63, 3.8) is 0 Å². The zero-order valence-corrected chi connectivity index (χ0v) is 18.3. The van der Waals surface area contributed by atoms with Gasteiger partial charge in [-0.3, -0.25) is 14.5 Å². The highest BCUT2D eigenvalue weighted by Gasteiger charge is 2.43. The molecule has 8 heteroatoms. The van der Waals surface area contributed by atoms with E-state index in [0.29, 0.717) is 37.8 Å². The molecule has 4 rings (SSSR count). The number of Topliss-reactive ketones (excluding diaryl/α,β-unsaturated/α-hetero) is 1. The third-order valence-electron chi connectivity index (χ3n) is 5.56. The molecule has 2 aliphatic rings. The summed E-state index contributed by atoms with van der Waals surface area (Å²) in [5.74, 6) is -0.560. The summed E-state index contributed by atoms with van der Waals surface area (Å²) in [5, 5.41) is 12.5. The van der Waals surface area contributed by atoms with Crippen LogP contribution in [0.1, 0.15) is 28.2 Å². The summed E-state index contributed by atoms with van der Waals surface area (Å²) in [6, 6.07) is 10.2. The highest BCUT2D eigenvalue weighted by atomic mass is 32.1. The number of morpholine rings is 1. The van der Waals surface area contributed by atoms with E-state index in [9.17, 15) is 14.7 Å². The molecule has 1 aromatic heterocycles. The molecule has 0 spiro atoms. The van der Waals surface area contributed by atoms with Crippen LogP contribution in [-0.2, 0) is 9.53 Å².